The van der Waals surface area contributed by atoms with Gasteiger partial charge in [-0.1, -0.05) is 32.6 Å². The first-order chi connectivity index (χ1) is 10.1. The lowest BCUT2D eigenvalue weighted by molar-refractivity contribution is 0.811. The van der Waals surface area contributed by atoms with E-state index >= 15 is 0 Å². The molecule has 1 aromatic carbocycles. The third-order valence-corrected chi connectivity index (χ3v) is 3.16. The van der Waals surface area contributed by atoms with E-state index in [2.05, 4.69) is 48.7 Å². The van der Waals surface area contributed by atoms with Gasteiger partial charge in [-0.15, -0.1) is 0 Å². The molecule has 2 rings (SSSR count). The summed E-state index contributed by atoms with van der Waals surface area (Å²) >= 11 is 0. The molecule has 0 spiro atoms. The van der Waals surface area contributed by atoms with E-state index in [9.17, 15) is 0 Å². The number of nitrogens with zero attached hydrogens (tertiary/aromatic N) is 2. The third-order valence-electron chi connectivity index (χ3n) is 3.16. The minimum Gasteiger partial charge on any atom is -0.381 e. The van der Waals surface area contributed by atoms with E-state index < -0.39 is 0 Å². The highest BCUT2D eigenvalue weighted by Gasteiger charge is 2.22. The standard InChI is InChI=1S/C16H21N3.C2H6/c1-12-6-5-7-15(10-12)19(4)11-16(17-3)13(2)18-14-8-9-14;1-2/h5-7,10-11,14,18H,2-3,8-9H2,1,4H3;1-2H3/b16-11-;. The molecule has 1 aliphatic rings. The fraction of sp³-hybridized carbons (Fsp3) is 0.389. The molecule has 114 valence electrons. The number of rotatable bonds is 6. The van der Waals surface area contributed by atoms with Gasteiger partial charge in [-0.25, -0.2) is 0 Å². The zero-order valence-electron chi connectivity index (χ0n) is 13.7. The SMILES string of the molecule is C=N/C(=C\N(C)c1cccc(C)c1)C(=C)NC1CC1.CC. The Kier molecular flexibility index (Phi) is 6.73. The van der Waals surface area contributed by atoms with Gasteiger partial charge in [0.05, 0.1) is 5.70 Å². The molecule has 1 saturated carbocycles. The van der Waals surface area contributed by atoms with E-state index in [0.717, 1.165) is 17.1 Å². The van der Waals surface area contributed by atoms with Gasteiger partial charge < -0.3 is 10.2 Å². The van der Waals surface area contributed by atoms with Crippen LogP contribution in [0.1, 0.15) is 32.3 Å². The van der Waals surface area contributed by atoms with Crippen molar-refractivity contribution in [1.29, 1.82) is 0 Å². The molecule has 1 N–H and O–H groups in total. The van der Waals surface area contributed by atoms with Crippen LogP contribution < -0.4 is 10.2 Å². The average Bonchev–Trinajstić information content (AvgIpc) is 3.30. The van der Waals surface area contributed by atoms with Gasteiger partial charge in [0.15, 0.2) is 0 Å². The zero-order valence-corrected chi connectivity index (χ0v) is 13.7. The van der Waals surface area contributed by atoms with Crippen LogP contribution in [0.5, 0.6) is 0 Å². The summed E-state index contributed by atoms with van der Waals surface area (Å²) in [7, 11) is 2.00. The first kappa shape index (κ1) is 17.0. The van der Waals surface area contributed by atoms with Crippen LogP contribution in [0.2, 0.25) is 0 Å². The lowest BCUT2D eigenvalue weighted by Gasteiger charge is -2.17. The minimum atomic E-state index is 0.571. The van der Waals surface area contributed by atoms with E-state index in [-0.39, 0.29) is 0 Å². The smallest absolute Gasteiger partial charge is 0.101 e. The van der Waals surface area contributed by atoms with Gasteiger partial charge in [0.2, 0.25) is 0 Å². The lowest BCUT2D eigenvalue weighted by Crippen LogP contribution is -2.18. The molecule has 0 saturated heterocycles. The van der Waals surface area contributed by atoms with Crippen LogP contribution in [-0.2, 0) is 0 Å². The van der Waals surface area contributed by atoms with Crippen molar-refractivity contribution in [3.63, 3.8) is 0 Å². The zero-order chi connectivity index (χ0) is 15.8. The average molecular weight is 285 g/mol. The summed E-state index contributed by atoms with van der Waals surface area (Å²) in [6.07, 6.45) is 4.40. The molecule has 21 heavy (non-hydrogen) atoms. The van der Waals surface area contributed by atoms with Crippen LogP contribution in [0.4, 0.5) is 5.69 Å². The van der Waals surface area contributed by atoms with Crippen LogP contribution in [0.3, 0.4) is 0 Å². The maximum absolute atomic E-state index is 4.06. The molecule has 0 unspecified atom stereocenters. The van der Waals surface area contributed by atoms with E-state index in [1.54, 1.807) is 0 Å². The van der Waals surface area contributed by atoms with Crippen molar-refractivity contribution < 1.29 is 0 Å². The topological polar surface area (TPSA) is 27.6 Å². The molecular formula is C18H27N3. The van der Waals surface area contributed by atoms with Crippen LogP contribution in [0.25, 0.3) is 0 Å². The molecule has 3 nitrogen and oxygen atoms in total. The Balaban J connectivity index is 0.00000106. The molecule has 1 aromatic rings. The van der Waals surface area contributed by atoms with E-state index in [1.165, 1.54) is 18.4 Å². The van der Waals surface area contributed by atoms with Gasteiger partial charge in [-0.3, -0.25) is 4.99 Å². The molecule has 1 aliphatic carbocycles. The summed E-state index contributed by atoms with van der Waals surface area (Å²) in [5.74, 6) is 0. The first-order valence-corrected chi connectivity index (χ1v) is 7.54. The minimum absolute atomic E-state index is 0.571. The highest BCUT2D eigenvalue weighted by molar-refractivity contribution is 5.52. The van der Waals surface area contributed by atoms with Gasteiger partial charge in [0.1, 0.15) is 5.70 Å². The Morgan fingerprint density at radius 1 is 1.38 bits per heavy atom. The predicted molar refractivity (Wildman–Crippen MR) is 93.9 cm³/mol. The molecule has 3 heteroatoms. The largest absolute Gasteiger partial charge is 0.381 e. The number of anilines is 1. The number of aliphatic imine (C=N–C) groups is 1. The Morgan fingerprint density at radius 2 is 2.05 bits per heavy atom. The molecule has 0 atom stereocenters. The fourth-order valence-corrected chi connectivity index (χ4v) is 1.87. The lowest BCUT2D eigenvalue weighted by atomic mass is 10.2. The molecule has 0 radical (unpaired) electrons. The summed E-state index contributed by atoms with van der Waals surface area (Å²) in [6, 6.07) is 8.91. The number of hydrogen-bond donors (Lipinski definition) is 1. The molecule has 0 aliphatic heterocycles. The highest BCUT2D eigenvalue weighted by atomic mass is 15.1. The van der Waals surface area contributed by atoms with E-state index in [1.807, 2.05) is 38.1 Å². The molecule has 0 heterocycles. The predicted octanol–water partition coefficient (Wildman–Crippen LogP) is 4.27. The monoisotopic (exact) mass is 285 g/mol. The Hall–Kier alpha value is -2.03. The van der Waals surface area contributed by atoms with Crippen LogP contribution >= 0.6 is 0 Å². The number of benzene rings is 1. The second-order valence-electron chi connectivity index (χ2n) is 5.02. The van der Waals surface area contributed by atoms with Crippen molar-refractivity contribution >= 4 is 12.4 Å². The molecular weight excluding hydrogens is 258 g/mol. The second-order valence-corrected chi connectivity index (χ2v) is 5.02. The second kappa shape index (κ2) is 8.30. The maximum Gasteiger partial charge on any atom is 0.101 e. The quantitative estimate of drug-likeness (QED) is 0.624. The maximum atomic E-state index is 4.06. The van der Waals surface area contributed by atoms with Crippen LogP contribution in [0, 0.1) is 6.92 Å². The Labute approximate surface area is 129 Å². The van der Waals surface area contributed by atoms with Crippen molar-refractivity contribution in [2.24, 2.45) is 4.99 Å². The van der Waals surface area contributed by atoms with E-state index in [0.29, 0.717) is 6.04 Å². The number of nitrogens with one attached hydrogen (secondary N) is 1. The summed E-state index contributed by atoms with van der Waals surface area (Å²) in [6.45, 7) is 13.7. The van der Waals surface area contributed by atoms with Crippen molar-refractivity contribution in [3.05, 3.63) is 54.0 Å². The summed E-state index contributed by atoms with van der Waals surface area (Å²) < 4.78 is 0. The van der Waals surface area contributed by atoms with Crippen LogP contribution in [0.15, 0.2) is 53.4 Å². The summed E-state index contributed by atoms with van der Waals surface area (Å²) in [5.41, 5.74) is 3.99. The van der Waals surface area contributed by atoms with Gasteiger partial charge in [-0.2, -0.15) is 0 Å². The molecule has 1 fully saturated rings. The third kappa shape index (κ3) is 5.46. The van der Waals surface area contributed by atoms with Crippen molar-refractivity contribution in [2.45, 2.75) is 39.7 Å². The van der Waals surface area contributed by atoms with Gasteiger partial charge in [0, 0.05) is 25.0 Å². The normalized spacial score (nSPS) is 13.8. The number of aryl methyl sites for hydroxylation is 1. The fourth-order valence-electron chi connectivity index (χ4n) is 1.87. The Morgan fingerprint density at radius 3 is 2.57 bits per heavy atom. The van der Waals surface area contributed by atoms with E-state index in [4.69, 9.17) is 0 Å². The van der Waals surface area contributed by atoms with Gasteiger partial charge in [0.25, 0.3) is 0 Å². The molecule has 0 bridgehead atoms. The van der Waals surface area contributed by atoms with Gasteiger partial charge in [-0.05, 0) is 44.2 Å². The highest BCUT2D eigenvalue weighted by Crippen LogP contribution is 2.23. The molecule has 0 aromatic heterocycles. The number of hydrogen-bond acceptors (Lipinski definition) is 3. The summed E-state index contributed by atoms with van der Waals surface area (Å²) in [4.78, 5) is 6.10. The van der Waals surface area contributed by atoms with Crippen molar-refractivity contribution in [3.8, 4) is 0 Å². The van der Waals surface area contributed by atoms with Crippen molar-refractivity contribution in [1.82, 2.24) is 5.32 Å². The van der Waals surface area contributed by atoms with Gasteiger partial charge >= 0.3 is 0 Å². The molecule has 0 amide bonds. The first-order valence-electron chi connectivity index (χ1n) is 7.54. The summed E-state index contributed by atoms with van der Waals surface area (Å²) in [5, 5.41) is 3.35. The van der Waals surface area contributed by atoms with Crippen molar-refractivity contribution in [2.75, 3.05) is 11.9 Å². The Bertz CT molecular complexity index is 513. The van der Waals surface area contributed by atoms with Crippen LogP contribution in [-0.4, -0.2) is 19.8 Å².